The van der Waals surface area contributed by atoms with Crippen LogP contribution in [-0.4, -0.2) is 61.6 Å². The third kappa shape index (κ3) is 13.5. The molecule has 0 spiro atoms. The average molecular weight is 572 g/mol. The van der Waals surface area contributed by atoms with E-state index in [2.05, 4.69) is 17.6 Å². The summed E-state index contributed by atoms with van der Waals surface area (Å²) in [7, 11) is 2.84. The number of aryl methyl sites for hydroxylation is 1. The van der Waals surface area contributed by atoms with Gasteiger partial charge in [0.1, 0.15) is 0 Å². The van der Waals surface area contributed by atoms with Crippen LogP contribution in [0.1, 0.15) is 87.2 Å². The van der Waals surface area contributed by atoms with Crippen molar-refractivity contribution in [1.29, 1.82) is 0 Å². The normalized spacial score (nSPS) is 10.4. The van der Waals surface area contributed by atoms with Crippen molar-refractivity contribution < 1.29 is 29.0 Å². The highest BCUT2D eigenvalue weighted by atomic mass is 16.5. The largest absolute Gasteiger partial charge is 0.504 e. The molecule has 41 heavy (non-hydrogen) atoms. The van der Waals surface area contributed by atoms with Crippen LogP contribution in [0.25, 0.3) is 0 Å². The molecule has 0 aliphatic carbocycles. The van der Waals surface area contributed by atoms with Crippen molar-refractivity contribution in [3.63, 3.8) is 0 Å². The van der Waals surface area contributed by atoms with Crippen molar-refractivity contribution >= 4 is 23.5 Å². The van der Waals surface area contributed by atoms with Gasteiger partial charge in [0.05, 0.1) is 32.0 Å². The molecule has 2 aromatic rings. The van der Waals surface area contributed by atoms with E-state index in [4.69, 9.17) is 9.47 Å². The molecule has 2 rings (SSSR count). The number of benzene rings is 2. The molecular formula is C32H49N3O6. The quantitative estimate of drug-likeness (QED) is 0.171. The minimum Gasteiger partial charge on any atom is -0.504 e. The third-order valence-electron chi connectivity index (χ3n) is 6.70. The van der Waals surface area contributed by atoms with Gasteiger partial charge in [-0.1, -0.05) is 71.1 Å². The second kappa shape index (κ2) is 20.3. The van der Waals surface area contributed by atoms with E-state index >= 15 is 0 Å². The number of esters is 1. The lowest BCUT2D eigenvalue weighted by molar-refractivity contribution is -0.121. The predicted molar refractivity (Wildman–Crippen MR) is 163 cm³/mol. The van der Waals surface area contributed by atoms with Crippen LogP contribution in [0.4, 0.5) is 5.69 Å². The van der Waals surface area contributed by atoms with E-state index in [1.165, 1.54) is 39.9 Å². The number of amides is 2. The second-order valence-corrected chi connectivity index (χ2v) is 9.80. The Kier molecular flexibility index (Phi) is 17.6. The molecule has 228 valence electrons. The number of para-hydroxylation sites is 1. The monoisotopic (exact) mass is 571 g/mol. The fraction of sp³-hybridized carbons (Fsp3) is 0.531. The molecule has 3 N–H and O–H groups in total. The summed E-state index contributed by atoms with van der Waals surface area (Å²) in [6.45, 7) is 10.4. The van der Waals surface area contributed by atoms with Crippen LogP contribution in [0.15, 0.2) is 36.4 Å². The SMILES string of the molecule is CCCCCCCCC(=O)NCc1ccc(O)c(OC)c1.CCN(CC)CC(=O)Nc1c(C)cccc1C(=O)OC. The Morgan fingerprint density at radius 2 is 1.59 bits per heavy atom. The smallest absolute Gasteiger partial charge is 0.339 e. The van der Waals surface area contributed by atoms with E-state index in [0.29, 0.717) is 36.5 Å². The van der Waals surface area contributed by atoms with E-state index in [-0.39, 0.29) is 17.6 Å². The Bertz CT molecular complexity index is 1090. The van der Waals surface area contributed by atoms with Gasteiger partial charge in [0.15, 0.2) is 11.5 Å². The van der Waals surface area contributed by atoms with Crippen LogP contribution in [0.3, 0.4) is 0 Å². The second-order valence-electron chi connectivity index (χ2n) is 9.80. The molecule has 0 unspecified atom stereocenters. The highest BCUT2D eigenvalue weighted by molar-refractivity contribution is 6.02. The summed E-state index contributed by atoms with van der Waals surface area (Å²) < 4.78 is 9.78. The molecular weight excluding hydrogens is 522 g/mol. The van der Waals surface area contributed by atoms with Crippen molar-refractivity contribution in [2.24, 2.45) is 0 Å². The number of phenols is 1. The number of hydrogen-bond donors (Lipinski definition) is 3. The lowest BCUT2D eigenvalue weighted by Crippen LogP contribution is -2.33. The van der Waals surface area contributed by atoms with Crippen molar-refractivity contribution in [3.8, 4) is 11.5 Å². The number of likely N-dealkylation sites (N-methyl/N-ethyl adjacent to an activating group) is 1. The van der Waals surface area contributed by atoms with Crippen LogP contribution in [0.5, 0.6) is 11.5 Å². The first-order valence-corrected chi connectivity index (χ1v) is 14.5. The molecule has 2 aromatic carbocycles. The number of phenolic OH excluding ortho intramolecular Hbond substituents is 1. The molecule has 0 heterocycles. The van der Waals surface area contributed by atoms with Gasteiger partial charge in [-0.25, -0.2) is 4.79 Å². The Balaban J connectivity index is 0.000000410. The van der Waals surface area contributed by atoms with Crippen LogP contribution < -0.4 is 15.4 Å². The van der Waals surface area contributed by atoms with Gasteiger partial charge in [-0.2, -0.15) is 0 Å². The maximum Gasteiger partial charge on any atom is 0.339 e. The first-order valence-electron chi connectivity index (χ1n) is 14.5. The summed E-state index contributed by atoms with van der Waals surface area (Å²) in [6, 6.07) is 10.4. The van der Waals surface area contributed by atoms with E-state index in [1.807, 2.05) is 31.7 Å². The van der Waals surface area contributed by atoms with E-state index in [1.54, 1.807) is 30.3 Å². The zero-order chi connectivity index (χ0) is 30.6. The minimum absolute atomic E-state index is 0.0810. The van der Waals surface area contributed by atoms with Gasteiger partial charge in [-0.05, 0) is 55.8 Å². The maximum absolute atomic E-state index is 12.1. The fourth-order valence-corrected chi connectivity index (χ4v) is 4.13. The average Bonchev–Trinajstić information content (AvgIpc) is 2.98. The molecule has 0 fully saturated rings. The van der Waals surface area contributed by atoms with Gasteiger partial charge in [-0.3, -0.25) is 14.5 Å². The molecule has 2 amide bonds. The summed E-state index contributed by atoms with van der Waals surface area (Å²) in [5.74, 6) is 0.0369. The van der Waals surface area contributed by atoms with Crippen molar-refractivity contribution in [2.45, 2.75) is 79.2 Å². The van der Waals surface area contributed by atoms with E-state index in [9.17, 15) is 19.5 Å². The molecule has 0 saturated heterocycles. The molecule has 0 bridgehead atoms. The number of carbonyl (C=O) groups excluding carboxylic acids is 3. The Morgan fingerprint density at radius 3 is 2.22 bits per heavy atom. The number of nitrogens with zero attached hydrogens (tertiary/aromatic N) is 1. The number of carbonyl (C=O) groups is 3. The Hall–Kier alpha value is -3.59. The Labute approximate surface area is 245 Å². The number of anilines is 1. The fourth-order valence-electron chi connectivity index (χ4n) is 4.13. The Morgan fingerprint density at radius 1 is 0.902 bits per heavy atom. The van der Waals surface area contributed by atoms with Crippen molar-refractivity contribution in [2.75, 3.05) is 39.2 Å². The first kappa shape index (κ1) is 35.4. The summed E-state index contributed by atoms with van der Waals surface area (Å²) in [4.78, 5) is 37.5. The van der Waals surface area contributed by atoms with Gasteiger partial charge in [-0.15, -0.1) is 0 Å². The van der Waals surface area contributed by atoms with Gasteiger partial charge in [0, 0.05) is 13.0 Å². The molecule has 0 atom stereocenters. The number of nitrogens with one attached hydrogen (secondary N) is 2. The van der Waals surface area contributed by atoms with Gasteiger partial charge in [0.2, 0.25) is 11.8 Å². The predicted octanol–water partition coefficient (Wildman–Crippen LogP) is 5.83. The van der Waals surface area contributed by atoms with E-state index < -0.39 is 5.97 Å². The zero-order valence-electron chi connectivity index (χ0n) is 25.7. The van der Waals surface area contributed by atoms with Gasteiger partial charge >= 0.3 is 5.97 Å². The van der Waals surface area contributed by atoms with Crippen molar-refractivity contribution in [1.82, 2.24) is 10.2 Å². The van der Waals surface area contributed by atoms with Gasteiger partial charge < -0.3 is 25.2 Å². The number of hydrogen-bond acceptors (Lipinski definition) is 7. The zero-order valence-corrected chi connectivity index (χ0v) is 25.7. The first-order chi connectivity index (χ1) is 19.7. The minimum atomic E-state index is -0.452. The van der Waals surface area contributed by atoms with Gasteiger partial charge in [0.25, 0.3) is 0 Å². The topological polar surface area (TPSA) is 117 Å². The molecule has 0 aliphatic heterocycles. The van der Waals surface area contributed by atoms with Crippen LogP contribution in [0.2, 0.25) is 0 Å². The highest BCUT2D eigenvalue weighted by Gasteiger charge is 2.16. The van der Waals surface area contributed by atoms with Crippen LogP contribution >= 0.6 is 0 Å². The standard InChI is InChI=1S/C17H27NO3.C15H22N2O3/c1-3-4-5-6-7-8-9-17(20)18-13-14-10-11-15(19)16(12-14)21-2;1-5-17(6-2)10-13(18)16-14-11(3)8-7-9-12(14)15(19)20-4/h10-12,19H,3-9,13H2,1-2H3,(H,18,20);7-9H,5-6,10H2,1-4H3,(H,16,18). The summed E-state index contributed by atoms with van der Waals surface area (Å²) in [6.07, 6.45) is 7.68. The van der Waals surface area contributed by atoms with Crippen molar-refractivity contribution in [3.05, 3.63) is 53.1 Å². The third-order valence-corrected chi connectivity index (χ3v) is 6.70. The number of aromatic hydroxyl groups is 1. The lowest BCUT2D eigenvalue weighted by atomic mass is 10.1. The molecule has 0 radical (unpaired) electrons. The molecule has 0 aromatic heterocycles. The lowest BCUT2D eigenvalue weighted by Gasteiger charge is -2.18. The van der Waals surface area contributed by atoms with Crippen LogP contribution in [0, 0.1) is 6.92 Å². The molecule has 9 nitrogen and oxygen atoms in total. The summed E-state index contributed by atoms with van der Waals surface area (Å²) >= 11 is 0. The summed E-state index contributed by atoms with van der Waals surface area (Å²) in [5.41, 5.74) is 2.65. The highest BCUT2D eigenvalue weighted by Crippen LogP contribution is 2.26. The maximum atomic E-state index is 12.1. The number of methoxy groups -OCH3 is 2. The molecule has 9 heteroatoms. The van der Waals surface area contributed by atoms with E-state index in [0.717, 1.165) is 37.1 Å². The molecule has 0 saturated carbocycles. The number of ether oxygens (including phenoxy) is 2. The van der Waals surface area contributed by atoms with Crippen LogP contribution in [-0.2, 0) is 20.9 Å². The summed E-state index contributed by atoms with van der Waals surface area (Å²) in [5, 5.41) is 15.2. The number of rotatable bonds is 16. The number of unbranched alkanes of at least 4 members (excludes halogenated alkanes) is 5. The molecule has 0 aliphatic rings.